The molecule has 1 atom stereocenters. The number of hydrogen-bond donors (Lipinski definition) is 1. The van der Waals surface area contributed by atoms with Gasteiger partial charge in [0.2, 0.25) is 0 Å². The summed E-state index contributed by atoms with van der Waals surface area (Å²) in [5.41, 5.74) is 1.70. The van der Waals surface area contributed by atoms with Crippen LogP contribution < -0.4 is 10.3 Å². The predicted octanol–water partition coefficient (Wildman–Crippen LogP) is 2.26. The molecule has 1 aromatic heterocycles. The molecule has 0 amide bonds. The Balaban J connectivity index is 2.05. The molecule has 2 aromatic rings. The zero-order chi connectivity index (χ0) is 13.1. The summed E-state index contributed by atoms with van der Waals surface area (Å²) in [6, 6.07) is 9.61. The van der Waals surface area contributed by atoms with Gasteiger partial charge in [0.15, 0.2) is 0 Å². The first-order chi connectivity index (χ1) is 8.58. The number of nitrogens with one attached hydrogen (secondary N) is 1. The van der Waals surface area contributed by atoms with Crippen LogP contribution in [0.5, 0.6) is 5.75 Å². The van der Waals surface area contributed by atoms with E-state index in [-0.39, 0.29) is 11.7 Å². The second kappa shape index (κ2) is 5.12. The number of benzene rings is 1. The summed E-state index contributed by atoms with van der Waals surface area (Å²) in [6.07, 6.45) is -0.0671. The highest BCUT2D eigenvalue weighted by Crippen LogP contribution is 2.11. The van der Waals surface area contributed by atoms with Crippen LogP contribution in [0.4, 0.5) is 0 Å². The molecule has 0 bridgehead atoms. The van der Waals surface area contributed by atoms with Gasteiger partial charge < -0.3 is 4.74 Å². The maximum Gasteiger partial charge on any atom is 0.269 e. The molecule has 4 heteroatoms. The highest BCUT2D eigenvalue weighted by Gasteiger charge is 2.10. The summed E-state index contributed by atoms with van der Waals surface area (Å²) in [5, 5.41) is 3.05. The second-order valence-electron chi connectivity index (χ2n) is 4.52. The lowest BCUT2D eigenvalue weighted by atomic mass is 10.3. The molecule has 1 aromatic carbocycles. The normalized spacial score (nSPS) is 12.4. The fourth-order valence-corrected chi connectivity index (χ4v) is 1.85. The van der Waals surface area contributed by atoms with Gasteiger partial charge >= 0.3 is 0 Å². The van der Waals surface area contributed by atoms with Crippen LogP contribution in [0.15, 0.2) is 35.1 Å². The summed E-state index contributed by atoms with van der Waals surface area (Å²) < 4.78 is 7.34. The maximum absolute atomic E-state index is 11.9. The van der Waals surface area contributed by atoms with Gasteiger partial charge in [-0.15, -0.1) is 0 Å². The van der Waals surface area contributed by atoms with Crippen LogP contribution in [0.1, 0.15) is 18.2 Å². The van der Waals surface area contributed by atoms with Crippen molar-refractivity contribution in [3.05, 3.63) is 51.9 Å². The van der Waals surface area contributed by atoms with E-state index in [1.165, 1.54) is 0 Å². The third-order valence-electron chi connectivity index (χ3n) is 2.95. The van der Waals surface area contributed by atoms with Crippen LogP contribution in [0.25, 0.3) is 0 Å². The topological polar surface area (TPSA) is 47.0 Å². The number of para-hydroxylation sites is 1. The Morgan fingerprint density at radius 2 is 1.94 bits per heavy atom. The number of nitrogens with zero attached hydrogens (tertiary/aromatic N) is 1. The third-order valence-corrected chi connectivity index (χ3v) is 2.95. The minimum absolute atomic E-state index is 0.0241. The van der Waals surface area contributed by atoms with Gasteiger partial charge in [0.25, 0.3) is 5.56 Å². The van der Waals surface area contributed by atoms with Crippen LogP contribution >= 0.6 is 0 Å². The minimum Gasteiger partial charge on any atom is -0.489 e. The fraction of sp³-hybridized carbons (Fsp3) is 0.357. The number of aryl methyl sites for hydroxylation is 1. The molecule has 1 unspecified atom stereocenters. The number of rotatable bonds is 4. The third kappa shape index (κ3) is 2.64. The molecular formula is C14H18N2O2. The molecule has 0 aliphatic heterocycles. The Bertz CT molecular complexity index is 569. The Morgan fingerprint density at radius 1 is 1.28 bits per heavy atom. The number of aromatic nitrogens is 2. The van der Waals surface area contributed by atoms with Crippen molar-refractivity contribution in [3.63, 3.8) is 0 Å². The fourth-order valence-electron chi connectivity index (χ4n) is 1.85. The lowest BCUT2D eigenvalue weighted by Gasteiger charge is -2.14. The number of hydrogen-bond acceptors (Lipinski definition) is 2. The summed E-state index contributed by atoms with van der Waals surface area (Å²) in [5.74, 6) is 0.818. The van der Waals surface area contributed by atoms with E-state index in [2.05, 4.69) is 5.10 Å². The molecule has 0 fully saturated rings. The highest BCUT2D eigenvalue weighted by molar-refractivity contribution is 5.21. The summed E-state index contributed by atoms with van der Waals surface area (Å²) in [6.45, 7) is 6.19. The lowest BCUT2D eigenvalue weighted by Crippen LogP contribution is -2.27. The van der Waals surface area contributed by atoms with Crippen molar-refractivity contribution >= 4 is 0 Å². The Morgan fingerprint density at radius 3 is 2.50 bits per heavy atom. The number of ether oxygens (including phenoxy) is 1. The molecule has 1 N–H and O–H groups in total. The molecule has 0 spiro atoms. The first kappa shape index (κ1) is 12.5. The van der Waals surface area contributed by atoms with Crippen molar-refractivity contribution in [2.24, 2.45) is 0 Å². The second-order valence-corrected chi connectivity index (χ2v) is 4.52. The molecule has 0 saturated carbocycles. The van der Waals surface area contributed by atoms with Gasteiger partial charge in [-0.2, -0.15) is 0 Å². The quantitative estimate of drug-likeness (QED) is 0.899. The first-order valence-electron chi connectivity index (χ1n) is 6.05. The van der Waals surface area contributed by atoms with E-state index in [0.717, 1.165) is 17.0 Å². The summed E-state index contributed by atoms with van der Waals surface area (Å²) in [4.78, 5) is 11.9. The minimum atomic E-state index is -0.0671. The monoisotopic (exact) mass is 246 g/mol. The average molecular weight is 246 g/mol. The van der Waals surface area contributed by atoms with Gasteiger partial charge in [-0.1, -0.05) is 18.2 Å². The van der Waals surface area contributed by atoms with Crippen molar-refractivity contribution in [3.8, 4) is 5.75 Å². The highest BCUT2D eigenvalue weighted by atomic mass is 16.5. The Hall–Kier alpha value is -1.97. The number of H-pyrrole nitrogens is 1. The van der Waals surface area contributed by atoms with Gasteiger partial charge in [-0.05, 0) is 32.9 Å². The van der Waals surface area contributed by atoms with E-state index in [4.69, 9.17) is 4.74 Å². The van der Waals surface area contributed by atoms with Crippen LogP contribution in [0, 0.1) is 13.8 Å². The smallest absolute Gasteiger partial charge is 0.269 e. The van der Waals surface area contributed by atoms with Crippen LogP contribution in [-0.2, 0) is 6.54 Å². The molecule has 1 heterocycles. The van der Waals surface area contributed by atoms with Gasteiger partial charge in [-0.25, -0.2) is 4.68 Å². The van der Waals surface area contributed by atoms with Crippen molar-refractivity contribution in [2.45, 2.75) is 33.4 Å². The largest absolute Gasteiger partial charge is 0.489 e. The summed E-state index contributed by atoms with van der Waals surface area (Å²) in [7, 11) is 0. The lowest BCUT2D eigenvalue weighted by molar-refractivity contribution is 0.192. The van der Waals surface area contributed by atoms with Crippen molar-refractivity contribution in [1.29, 1.82) is 0 Å². The molecule has 96 valence electrons. The Labute approximate surface area is 106 Å². The zero-order valence-corrected chi connectivity index (χ0v) is 10.9. The SMILES string of the molecule is Cc1[nH]n(CC(C)Oc2ccccc2)c(=O)c1C. The average Bonchev–Trinajstić information content (AvgIpc) is 2.58. The molecule has 0 aliphatic carbocycles. The maximum atomic E-state index is 11.9. The Kier molecular flexibility index (Phi) is 3.55. The standard InChI is InChI=1S/C14H18N2O2/c1-10(18-13-7-5-4-6-8-13)9-16-14(17)11(2)12(3)15-16/h4-8,10,15H,9H2,1-3H3. The van der Waals surface area contributed by atoms with E-state index in [1.54, 1.807) is 4.68 Å². The summed E-state index contributed by atoms with van der Waals surface area (Å²) >= 11 is 0. The van der Waals surface area contributed by atoms with Gasteiger partial charge in [0.05, 0.1) is 6.54 Å². The van der Waals surface area contributed by atoms with E-state index in [9.17, 15) is 4.79 Å². The number of aromatic amines is 1. The van der Waals surface area contributed by atoms with Crippen molar-refractivity contribution < 1.29 is 4.74 Å². The first-order valence-corrected chi connectivity index (χ1v) is 6.05. The molecular weight excluding hydrogens is 228 g/mol. The van der Waals surface area contributed by atoms with E-state index >= 15 is 0 Å². The van der Waals surface area contributed by atoms with Crippen LogP contribution in [0.2, 0.25) is 0 Å². The van der Waals surface area contributed by atoms with Crippen LogP contribution in [-0.4, -0.2) is 15.9 Å². The van der Waals surface area contributed by atoms with E-state index < -0.39 is 0 Å². The van der Waals surface area contributed by atoms with Gasteiger partial charge in [0, 0.05) is 11.3 Å². The molecule has 0 saturated heterocycles. The molecule has 18 heavy (non-hydrogen) atoms. The molecule has 2 rings (SSSR count). The zero-order valence-electron chi connectivity index (χ0n) is 10.9. The molecule has 4 nitrogen and oxygen atoms in total. The van der Waals surface area contributed by atoms with Crippen LogP contribution in [0.3, 0.4) is 0 Å². The van der Waals surface area contributed by atoms with Crippen molar-refractivity contribution in [2.75, 3.05) is 0 Å². The van der Waals surface area contributed by atoms with E-state index in [1.807, 2.05) is 51.1 Å². The molecule has 0 aliphatic rings. The molecule has 0 radical (unpaired) electrons. The van der Waals surface area contributed by atoms with Crippen molar-refractivity contribution in [1.82, 2.24) is 9.78 Å². The van der Waals surface area contributed by atoms with E-state index in [0.29, 0.717) is 6.54 Å². The van der Waals surface area contributed by atoms with Gasteiger partial charge in [0.1, 0.15) is 11.9 Å². The predicted molar refractivity (Wildman–Crippen MR) is 71.1 cm³/mol. The van der Waals surface area contributed by atoms with Gasteiger partial charge in [-0.3, -0.25) is 9.89 Å².